The van der Waals surface area contributed by atoms with Gasteiger partial charge in [0.1, 0.15) is 5.69 Å². The summed E-state index contributed by atoms with van der Waals surface area (Å²) in [6.07, 6.45) is 0. The maximum Gasteiger partial charge on any atom is 0.292 e. The molecule has 6 heteroatoms. The number of nitro benzene ring substituents is 1. The Morgan fingerprint density at radius 3 is 2.55 bits per heavy atom. The molecule has 2 aromatic carbocycles. The molecule has 0 unspecified atom stereocenters. The molecule has 0 aliphatic heterocycles. The number of hydrogen-bond donors (Lipinski definition) is 1. The van der Waals surface area contributed by atoms with E-state index < -0.39 is 0 Å². The molecule has 4 nitrogen and oxygen atoms in total. The summed E-state index contributed by atoms with van der Waals surface area (Å²) in [5.41, 5.74) is 1.70. The van der Waals surface area contributed by atoms with E-state index in [1.165, 1.54) is 0 Å². The van der Waals surface area contributed by atoms with Gasteiger partial charge in [-0.15, -0.1) is 11.8 Å². The van der Waals surface area contributed by atoms with Crippen molar-refractivity contribution in [3.63, 3.8) is 0 Å². The first-order valence-corrected chi connectivity index (χ1v) is 7.71. The van der Waals surface area contributed by atoms with Crippen molar-refractivity contribution in [2.45, 2.75) is 10.6 Å². The molecule has 0 saturated heterocycles. The van der Waals surface area contributed by atoms with Crippen molar-refractivity contribution in [1.29, 1.82) is 0 Å². The lowest BCUT2D eigenvalue weighted by atomic mass is 10.2. The van der Waals surface area contributed by atoms with Crippen LogP contribution in [0.4, 0.5) is 11.4 Å². The van der Waals surface area contributed by atoms with Crippen molar-refractivity contribution < 1.29 is 4.92 Å². The van der Waals surface area contributed by atoms with E-state index in [-0.39, 0.29) is 10.6 Å². The third kappa shape index (κ3) is 3.74. The van der Waals surface area contributed by atoms with Crippen molar-refractivity contribution in [1.82, 2.24) is 0 Å². The molecule has 2 aromatic rings. The summed E-state index contributed by atoms with van der Waals surface area (Å²) in [5.74, 6) is 0.772. The number of nitro groups is 1. The van der Waals surface area contributed by atoms with E-state index in [0.717, 1.165) is 20.7 Å². The molecule has 0 aliphatic carbocycles. The quantitative estimate of drug-likeness (QED) is 0.481. The average molecular weight is 353 g/mol. The maximum absolute atomic E-state index is 10.9. The van der Waals surface area contributed by atoms with Crippen molar-refractivity contribution in [2.75, 3.05) is 12.4 Å². The summed E-state index contributed by atoms with van der Waals surface area (Å²) in [6.45, 7) is 0. The van der Waals surface area contributed by atoms with Crippen molar-refractivity contribution in [3.8, 4) is 0 Å². The Bertz CT molecular complexity index is 617. The molecule has 1 N–H and O–H groups in total. The second-order valence-corrected chi connectivity index (χ2v) is 6.07. The van der Waals surface area contributed by atoms with E-state index in [2.05, 4.69) is 21.2 Å². The number of anilines is 1. The van der Waals surface area contributed by atoms with Crippen LogP contribution in [0.5, 0.6) is 0 Å². The van der Waals surface area contributed by atoms with Crippen molar-refractivity contribution >= 4 is 39.1 Å². The standard InChI is InChI=1S/C14H13BrN2O2S/c1-16-13-8-10(2-7-14(13)17(18)19)9-20-12-5-3-11(15)4-6-12/h2-8,16H,9H2,1H3. The van der Waals surface area contributed by atoms with Gasteiger partial charge in [-0.25, -0.2) is 0 Å². The molecule has 0 radical (unpaired) electrons. The molecule has 0 saturated carbocycles. The Kier molecular flexibility index (Phi) is 5.03. The molecule has 0 aliphatic rings. The highest BCUT2D eigenvalue weighted by Gasteiger charge is 2.12. The van der Waals surface area contributed by atoms with Crippen LogP contribution in [0.25, 0.3) is 0 Å². The van der Waals surface area contributed by atoms with Crippen LogP contribution < -0.4 is 5.32 Å². The van der Waals surface area contributed by atoms with Gasteiger partial charge >= 0.3 is 0 Å². The van der Waals surface area contributed by atoms with E-state index in [1.54, 1.807) is 30.9 Å². The minimum atomic E-state index is -0.378. The van der Waals surface area contributed by atoms with Gasteiger partial charge in [0, 0.05) is 28.2 Å². The summed E-state index contributed by atoms with van der Waals surface area (Å²) in [6, 6.07) is 13.2. The third-order valence-corrected chi connectivity index (χ3v) is 4.36. The van der Waals surface area contributed by atoms with Crippen LogP contribution in [0.1, 0.15) is 5.56 Å². The summed E-state index contributed by atoms with van der Waals surface area (Å²) in [7, 11) is 1.69. The smallest absolute Gasteiger partial charge is 0.292 e. The predicted octanol–water partition coefficient (Wildman–Crippen LogP) is 4.69. The SMILES string of the molecule is CNc1cc(CSc2ccc(Br)cc2)ccc1[N+](=O)[O-]. The zero-order valence-electron chi connectivity index (χ0n) is 10.8. The van der Waals surface area contributed by atoms with Crippen molar-refractivity contribution in [2.24, 2.45) is 0 Å². The molecular formula is C14H13BrN2O2S. The minimum Gasteiger partial charge on any atom is -0.383 e. The summed E-state index contributed by atoms with van der Waals surface area (Å²) in [4.78, 5) is 11.6. The number of rotatable bonds is 5. The molecule has 104 valence electrons. The van der Waals surface area contributed by atoms with E-state index in [0.29, 0.717) is 5.69 Å². The highest BCUT2D eigenvalue weighted by Crippen LogP contribution is 2.29. The predicted molar refractivity (Wildman–Crippen MR) is 86.3 cm³/mol. The van der Waals surface area contributed by atoms with E-state index >= 15 is 0 Å². The van der Waals surface area contributed by atoms with Crippen LogP contribution in [-0.4, -0.2) is 12.0 Å². The summed E-state index contributed by atoms with van der Waals surface area (Å²) < 4.78 is 1.05. The first kappa shape index (κ1) is 14.9. The Balaban J connectivity index is 2.10. The van der Waals surface area contributed by atoms with Crippen LogP contribution in [0.3, 0.4) is 0 Å². The third-order valence-electron chi connectivity index (χ3n) is 2.75. The molecule has 0 heterocycles. The van der Waals surface area contributed by atoms with Crippen molar-refractivity contribution in [3.05, 3.63) is 62.6 Å². The second-order valence-electron chi connectivity index (χ2n) is 4.10. The van der Waals surface area contributed by atoms with Crippen LogP contribution in [0.15, 0.2) is 51.8 Å². The maximum atomic E-state index is 10.9. The monoisotopic (exact) mass is 352 g/mol. The van der Waals surface area contributed by atoms with Gasteiger partial charge in [-0.1, -0.05) is 22.0 Å². The number of benzene rings is 2. The van der Waals surface area contributed by atoms with Gasteiger partial charge in [0.15, 0.2) is 0 Å². The Hall–Kier alpha value is -1.53. The lowest BCUT2D eigenvalue weighted by Gasteiger charge is -2.06. The largest absolute Gasteiger partial charge is 0.383 e. The minimum absolute atomic E-state index is 0.102. The number of nitrogens with one attached hydrogen (secondary N) is 1. The van der Waals surface area contributed by atoms with Gasteiger partial charge in [-0.2, -0.15) is 0 Å². The first-order chi connectivity index (χ1) is 9.60. The summed E-state index contributed by atoms with van der Waals surface area (Å²) >= 11 is 5.10. The fourth-order valence-electron chi connectivity index (χ4n) is 1.73. The second kappa shape index (κ2) is 6.76. The fourth-order valence-corrected chi connectivity index (χ4v) is 2.84. The van der Waals surface area contributed by atoms with E-state index in [9.17, 15) is 10.1 Å². The Morgan fingerprint density at radius 2 is 1.95 bits per heavy atom. The number of thioether (sulfide) groups is 1. The molecule has 2 rings (SSSR count). The lowest BCUT2D eigenvalue weighted by Crippen LogP contribution is -1.97. The van der Waals surface area contributed by atoms with Gasteiger partial charge in [-0.05, 0) is 35.9 Å². The van der Waals surface area contributed by atoms with Gasteiger partial charge in [0.25, 0.3) is 5.69 Å². The molecule has 0 aromatic heterocycles. The van der Waals surface area contributed by atoms with Crippen LogP contribution in [0.2, 0.25) is 0 Å². The highest BCUT2D eigenvalue weighted by atomic mass is 79.9. The number of nitrogens with zero attached hydrogens (tertiary/aromatic N) is 1. The fraction of sp³-hybridized carbons (Fsp3) is 0.143. The molecule has 0 fully saturated rings. The normalized spacial score (nSPS) is 10.3. The van der Waals surface area contributed by atoms with Crippen LogP contribution >= 0.6 is 27.7 Å². The number of halogens is 1. The zero-order chi connectivity index (χ0) is 14.5. The average Bonchev–Trinajstić information content (AvgIpc) is 2.46. The number of hydrogen-bond acceptors (Lipinski definition) is 4. The van der Waals surface area contributed by atoms with E-state index in [4.69, 9.17) is 0 Å². The van der Waals surface area contributed by atoms with Gasteiger partial charge in [0.05, 0.1) is 4.92 Å². The zero-order valence-corrected chi connectivity index (χ0v) is 13.2. The molecule has 0 atom stereocenters. The van der Waals surface area contributed by atoms with Gasteiger partial charge in [-0.3, -0.25) is 10.1 Å². The van der Waals surface area contributed by atoms with Crippen LogP contribution in [-0.2, 0) is 5.75 Å². The van der Waals surface area contributed by atoms with Gasteiger partial charge < -0.3 is 5.32 Å². The molecule has 0 amide bonds. The Morgan fingerprint density at radius 1 is 1.25 bits per heavy atom. The highest BCUT2D eigenvalue weighted by molar-refractivity contribution is 9.10. The molecule has 0 spiro atoms. The molecular weight excluding hydrogens is 340 g/mol. The topological polar surface area (TPSA) is 55.2 Å². The molecule has 20 heavy (non-hydrogen) atoms. The van der Waals surface area contributed by atoms with Gasteiger partial charge in [0.2, 0.25) is 0 Å². The lowest BCUT2D eigenvalue weighted by molar-refractivity contribution is -0.383. The summed E-state index contributed by atoms with van der Waals surface area (Å²) in [5, 5.41) is 13.7. The molecule has 0 bridgehead atoms. The van der Waals surface area contributed by atoms with Crippen LogP contribution in [0, 0.1) is 10.1 Å². The Labute approximate surface area is 129 Å². The first-order valence-electron chi connectivity index (χ1n) is 5.93. The van der Waals surface area contributed by atoms with E-state index in [1.807, 2.05) is 30.3 Å².